The number of hydrogen-bond donors (Lipinski definition) is 1. The fourth-order valence-corrected chi connectivity index (χ4v) is 2.79. The van der Waals surface area contributed by atoms with Crippen molar-refractivity contribution in [3.63, 3.8) is 0 Å². The molecule has 0 bridgehead atoms. The van der Waals surface area contributed by atoms with Gasteiger partial charge in [0.05, 0.1) is 25.5 Å². The first-order valence-electron chi connectivity index (χ1n) is 8.69. The van der Waals surface area contributed by atoms with Crippen molar-refractivity contribution >= 4 is 17.5 Å². The molecule has 0 atom stereocenters. The lowest BCUT2D eigenvalue weighted by molar-refractivity contribution is 0.0303. The Balaban J connectivity index is 1.75. The van der Waals surface area contributed by atoms with Gasteiger partial charge < -0.3 is 19.7 Å². The second-order valence-corrected chi connectivity index (χ2v) is 5.87. The minimum Gasteiger partial charge on any atom is -0.492 e. The molecular weight excluding hydrogens is 332 g/mol. The van der Waals surface area contributed by atoms with Gasteiger partial charge >= 0.3 is 0 Å². The lowest BCUT2D eigenvalue weighted by Gasteiger charge is -2.27. The van der Waals surface area contributed by atoms with Crippen LogP contribution in [0, 0.1) is 0 Å². The summed E-state index contributed by atoms with van der Waals surface area (Å²) in [6, 6.07) is 14.0. The third-order valence-electron chi connectivity index (χ3n) is 4.11. The fraction of sp³-hybridized carbons (Fsp3) is 0.300. The molecule has 0 spiro atoms. The number of amides is 2. The molecule has 1 aliphatic heterocycles. The number of nitrogens with one attached hydrogen (secondary N) is 1. The van der Waals surface area contributed by atoms with E-state index >= 15 is 0 Å². The number of anilines is 1. The number of hydrogen-bond acceptors (Lipinski definition) is 4. The van der Waals surface area contributed by atoms with E-state index in [0.717, 1.165) is 0 Å². The van der Waals surface area contributed by atoms with Crippen LogP contribution in [0.3, 0.4) is 0 Å². The standard InChI is InChI=1S/C20H22N2O4/c1-2-26-18-9-4-3-8-17(18)21-19(23)15-6-5-7-16(14-15)20(24)22-10-12-25-13-11-22/h3-9,14H,2,10-13H2,1H3,(H,21,23). The van der Waals surface area contributed by atoms with Crippen LogP contribution in [0.4, 0.5) is 5.69 Å². The Morgan fingerprint density at radius 1 is 1.08 bits per heavy atom. The molecular formula is C20H22N2O4. The number of morpholine rings is 1. The predicted molar refractivity (Wildman–Crippen MR) is 98.7 cm³/mol. The topological polar surface area (TPSA) is 67.9 Å². The monoisotopic (exact) mass is 354 g/mol. The Bertz CT molecular complexity index is 785. The van der Waals surface area contributed by atoms with Gasteiger partial charge in [-0.3, -0.25) is 9.59 Å². The molecule has 6 nitrogen and oxygen atoms in total. The summed E-state index contributed by atoms with van der Waals surface area (Å²) >= 11 is 0. The zero-order valence-electron chi connectivity index (χ0n) is 14.7. The summed E-state index contributed by atoms with van der Waals surface area (Å²) in [6.07, 6.45) is 0. The van der Waals surface area contributed by atoms with Crippen LogP contribution in [-0.4, -0.2) is 49.6 Å². The van der Waals surface area contributed by atoms with Crippen LogP contribution in [0.15, 0.2) is 48.5 Å². The quantitative estimate of drug-likeness (QED) is 0.897. The molecule has 1 fully saturated rings. The van der Waals surface area contributed by atoms with Crippen LogP contribution in [0.2, 0.25) is 0 Å². The Morgan fingerprint density at radius 2 is 1.81 bits per heavy atom. The highest BCUT2D eigenvalue weighted by molar-refractivity contribution is 6.06. The first kappa shape index (κ1) is 17.9. The molecule has 2 amide bonds. The molecule has 1 heterocycles. The van der Waals surface area contributed by atoms with Gasteiger partial charge in [-0.1, -0.05) is 18.2 Å². The maximum atomic E-state index is 12.6. The highest BCUT2D eigenvalue weighted by Gasteiger charge is 2.19. The SMILES string of the molecule is CCOc1ccccc1NC(=O)c1cccc(C(=O)N2CCOCC2)c1. The summed E-state index contributed by atoms with van der Waals surface area (Å²) in [5.74, 6) is 0.246. The van der Waals surface area contributed by atoms with E-state index < -0.39 is 0 Å². The van der Waals surface area contributed by atoms with E-state index in [0.29, 0.717) is 55.5 Å². The van der Waals surface area contributed by atoms with Crippen molar-refractivity contribution in [3.05, 3.63) is 59.7 Å². The zero-order chi connectivity index (χ0) is 18.4. The van der Waals surface area contributed by atoms with Gasteiger partial charge in [-0.15, -0.1) is 0 Å². The molecule has 0 aromatic heterocycles. The van der Waals surface area contributed by atoms with Crippen LogP contribution in [-0.2, 0) is 4.74 Å². The molecule has 6 heteroatoms. The lowest BCUT2D eigenvalue weighted by Crippen LogP contribution is -2.40. The Morgan fingerprint density at radius 3 is 2.58 bits per heavy atom. The van der Waals surface area contributed by atoms with E-state index in [4.69, 9.17) is 9.47 Å². The van der Waals surface area contributed by atoms with E-state index in [2.05, 4.69) is 5.32 Å². The Hall–Kier alpha value is -2.86. The van der Waals surface area contributed by atoms with E-state index in [-0.39, 0.29) is 11.8 Å². The van der Waals surface area contributed by atoms with E-state index in [9.17, 15) is 9.59 Å². The largest absolute Gasteiger partial charge is 0.492 e. The number of carbonyl (C=O) groups excluding carboxylic acids is 2. The average Bonchev–Trinajstić information content (AvgIpc) is 2.70. The molecule has 0 radical (unpaired) electrons. The Labute approximate surface area is 152 Å². The zero-order valence-corrected chi connectivity index (χ0v) is 14.7. The lowest BCUT2D eigenvalue weighted by atomic mass is 10.1. The molecule has 26 heavy (non-hydrogen) atoms. The van der Waals surface area contributed by atoms with Crippen LogP contribution in [0.25, 0.3) is 0 Å². The van der Waals surface area contributed by atoms with Crippen molar-refractivity contribution in [1.29, 1.82) is 0 Å². The molecule has 1 N–H and O–H groups in total. The number of rotatable bonds is 5. The first-order valence-corrected chi connectivity index (χ1v) is 8.69. The fourth-order valence-electron chi connectivity index (χ4n) is 2.79. The summed E-state index contributed by atoms with van der Waals surface area (Å²) in [4.78, 5) is 26.9. The number of benzene rings is 2. The number of carbonyl (C=O) groups is 2. The van der Waals surface area contributed by atoms with Gasteiger partial charge in [-0.2, -0.15) is 0 Å². The smallest absolute Gasteiger partial charge is 0.255 e. The third-order valence-corrected chi connectivity index (χ3v) is 4.11. The molecule has 0 aliphatic carbocycles. The third kappa shape index (κ3) is 4.21. The number of para-hydroxylation sites is 2. The van der Waals surface area contributed by atoms with Crippen molar-refractivity contribution in [2.24, 2.45) is 0 Å². The van der Waals surface area contributed by atoms with Crippen LogP contribution in [0.5, 0.6) is 5.75 Å². The van der Waals surface area contributed by atoms with E-state index in [1.165, 1.54) is 0 Å². The van der Waals surface area contributed by atoms with Gasteiger partial charge in [-0.05, 0) is 37.3 Å². The van der Waals surface area contributed by atoms with Crippen LogP contribution < -0.4 is 10.1 Å². The van der Waals surface area contributed by atoms with Crippen LogP contribution >= 0.6 is 0 Å². The van der Waals surface area contributed by atoms with Crippen molar-refractivity contribution in [2.75, 3.05) is 38.2 Å². The highest BCUT2D eigenvalue weighted by atomic mass is 16.5. The summed E-state index contributed by atoms with van der Waals surface area (Å²) in [5, 5.41) is 2.85. The number of nitrogens with zero attached hydrogens (tertiary/aromatic N) is 1. The van der Waals surface area contributed by atoms with E-state index in [1.807, 2.05) is 19.1 Å². The van der Waals surface area contributed by atoms with Gasteiger partial charge in [-0.25, -0.2) is 0 Å². The molecule has 1 saturated heterocycles. The maximum Gasteiger partial charge on any atom is 0.255 e. The minimum atomic E-state index is -0.284. The molecule has 2 aromatic carbocycles. The first-order chi connectivity index (χ1) is 12.7. The van der Waals surface area contributed by atoms with Crippen molar-refractivity contribution in [1.82, 2.24) is 4.90 Å². The summed E-state index contributed by atoms with van der Waals surface area (Å²) < 4.78 is 10.8. The maximum absolute atomic E-state index is 12.6. The molecule has 136 valence electrons. The summed E-state index contributed by atoms with van der Waals surface area (Å²) in [7, 11) is 0. The van der Waals surface area contributed by atoms with Gasteiger partial charge in [0.25, 0.3) is 11.8 Å². The highest BCUT2D eigenvalue weighted by Crippen LogP contribution is 2.24. The second kappa shape index (κ2) is 8.49. The van der Waals surface area contributed by atoms with Gasteiger partial charge in [0.15, 0.2) is 0 Å². The van der Waals surface area contributed by atoms with Gasteiger partial charge in [0.1, 0.15) is 5.75 Å². The van der Waals surface area contributed by atoms with Gasteiger partial charge in [0, 0.05) is 24.2 Å². The molecule has 1 aliphatic rings. The number of ether oxygens (including phenoxy) is 2. The van der Waals surface area contributed by atoms with E-state index in [1.54, 1.807) is 41.3 Å². The average molecular weight is 354 g/mol. The van der Waals surface area contributed by atoms with Crippen LogP contribution in [0.1, 0.15) is 27.6 Å². The van der Waals surface area contributed by atoms with Gasteiger partial charge in [0.2, 0.25) is 0 Å². The van der Waals surface area contributed by atoms with Crippen molar-refractivity contribution in [3.8, 4) is 5.75 Å². The van der Waals surface area contributed by atoms with Crippen molar-refractivity contribution < 1.29 is 19.1 Å². The normalized spacial score (nSPS) is 14.0. The molecule has 0 saturated carbocycles. The molecule has 0 unspecified atom stereocenters. The van der Waals surface area contributed by atoms with Crippen molar-refractivity contribution in [2.45, 2.75) is 6.92 Å². The molecule has 2 aromatic rings. The Kier molecular flexibility index (Phi) is 5.86. The summed E-state index contributed by atoms with van der Waals surface area (Å²) in [5.41, 5.74) is 1.53. The predicted octanol–water partition coefficient (Wildman–Crippen LogP) is 2.81. The summed E-state index contributed by atoms with van der Waals surface area (Å²) in [6.45, 7) is 4.62. The minimum absolute atomic E-state index is 0.0855. The molecule has 3 rings (SSSR count). The second-order valence-electron chi connectivity index (χ2n) is 5.87.